The Morgan fingerprint density at radius 1 is 0.952 bits per heavy atom. The van der Waals surface area contributed by atoms with Crippen molar-refractivity contribution in [1.82, 2.24) is 0 Å². The number of fused-ring (bicyclic) bond motifs is 1. The van der Waals surface area contributed by atoms with Crippen LogP contribution in [0.15, 0.2) is 60.7 Å². The molecule has 0 fully saturated rings. The number of hydrogen-bond acceptors (Lipinski definition) is 2. The molecule has 2 heteroatoms. The van der Waals surface area contributed by atoms with Gasteiger partial charge in [-0.3, -0.25) is 4.79 Å². The minimum atomic E-state index is 0.598. The van der Waals surface area contributed by atoms with Gasteiger partial charge in [-0.2, -0.15) is 0 Å². The zero-order chi connectivity index (χ0) is 14.7. The van der Waals surface area contributed by atoms with Gasteiger partial charge in [0.2, 0.25) is 0 Å². The van der Waals surface area contributed by atoms with Crippen molar-refractivity contribution in [2.45, 2.75) is 6.92 Å². The van der Waals surface area contributed by atoms with Gasteiger partial charge in [0.15, 0.2) is 0 Å². The van der Waals surface area contributed by atoms with Gasteiger partial charge < -0.3 is 4.74 Å². The van der Waals surface area contributed by atoms with Crippen molar-refractivity contribution in [3.63, 3.8) is 0 Å². The predicted octanol–water partition coefficient (Wildman–Crippen LogP) is 4.72. The van der Waals surface area contributed by atoms with E-state index in [9.17, 15) is 4.79 Å². The summed E-state index contributed by atoms with van der Waals surface area (Å²) in [7, 11) is 0. The molecule has 0 heterocycles. The van der Waals surface area contributed by atoms with Crippen LogP contribution in [0, 0.1) is 0 Å². The molecule has 3 rings (SSSR count). The molecule has 0 saturated carbocycles. The van der Waals surface area contributed by atoms with Crippen molar-refractivity contribution >= 4 is 17.1 Å². The molecule has 21 heavy (non-hydrogen) atoms. The molecular weight excluding hydrogens is 260 g/mol. The van der Waals surface area contributed by atoms with Crippen molar-refractivity contribution in [3.8, 4) is 16.9 Å². The number of carbonyl (C=O) groups is 1. The predicted molar refractivity (Wildman–Crippen MR) is 85.9 cm³/mol. The monoisotopic (exact) mass is 276 g/mol. The standard InChI is InChI=1S/C19H16O2/c1-2-21-19-10-7-14(13-20)11-18(19)17-9-8-15-5-3-4-6-16(15)12-17/h3-13H,2H2,1H3. The van der Waals surface area contributed by atoms with Crippen LogP contribution in [-0.2, 0) is 0 Å². The van der Waals surface area contributed by atoms with E-state index >= 15 is 0 Å². The molecule has 0 aliphatic rings. The zero-order valence-electron chi connectivity index (χ0n) is 11.9. The van der Waals surface area contributed by atoms with E-state index in [1.807, 2.05) is 31.2 Å². The topological polar surface area (TPSA) is 26.3 Å². The second-order valence-electron chi connectivity index (χ2n) is 4.87. The van der Waals surface area contributed by atoms with Crippen LogP contribution in [0.5, 0.6) is 5.75 Å². The third-order valence-electron chi connectivity index (χ3n) is 3.50. The zero-order valence-corrected chi connectivity index (χ0v) is 11.9. The summed E-state index contributed by atoms with van der Waals surface area (Å²) in [5, 5.41) is 2.37. The van der Waals surface area contributed by atoms with Gasteiger partial charge >= 0.3 is 0 Å². The van der Waals surface area contributed by atoms with E-state index in [1.165, 1.54) is 10.8 Å². The molecule has 0 saturated heterocycles. The fourth-order valence-electron chi connectivity index (χ4n) is 2.48. The molecule has 0 unspecified atom stereocenters. The van der Waals surface area contributed by atoms with Crippen molar-refractivity contribution in [3.05, 3.63) is 66.2 Å². The highest BCUT2D eigenvalue weighted by Gasteiger charge is 2.08. The Hall–Kier alpha value is -2.61. The summed E-state index contributed by atoms with van der Waals surface area (Å²) in [5.74, 6) is 0.804. The smallest absolute Gasteiger partial charge is 0.150 e. The summed E-state index contributed by atoms with van der Waals surface area (Å²) in [6, 6.07) is 20.0. The fourth-order valence-corrected chi connectivity index (χ4v) is 2.48. The van der Waals surface area contributed by atoms with Crippen LogP contribution in [0.25, 0.3) is 21.9 Å². The van der Waals surface area contributed by atoms with Gasteiger partial charge in [0, 0.05) is 11.1 Å². The number of ether oxygens (including phenoxy) is 1. The summed E-state index contributed by atoms with van der Waals surface area (Å²) in [5.41, 5.74) is 2.66. The summed E-state index contributed by atoms with van der Waals surface area (Å²) >= 11 is 0. The van der Waals surface area contributed by atoms with Crippen LogP contribution in [0.2, 0.25) is 0 Å². The molecule has 0 N–H and O–H groups in total. The number of aldehydes is 1. The Morgan fingerprint density at radius 3 is 2.52 bits per heavy atom. The molecule has 2 nitrogen and oxygen atoms in total. The minimum absolute atomic E-state index is 0.598. The van der Waals surface area contributed by atoms with Crippen molar-refractivity contribution in [2.24, 2.45) is 0 Å². The average molecular weight is 276 g/mol. The van der Waals surface area contributed by atoms with Crippen LogP contribution in [0.4, 0.5) is 0 Å². The first-order chi connectivity index (χ1) is 10.3. The SMILES string of the molecule is CCOc1ccc(C=O)cc1-c1ccc2ccccc2c1. The number of benzene rings is 3. The molecule has 0 amide bonds. The summed E-state index contributed by atoms with van der Waals surface area (Å²) in [6.07, 6.45) is 0.861. The Balaban J connectivity index is 2.17. The van der Waals surface area contributed by atoms with Gasteiger partial charge in [0.05, 0.1) is 6.61 Å². The molecule has 0 bridgehead atoms. The minimum Gasteiger partial charge on any atom is -0.493 e. The molecule has 0 radical (unpaired) electrons. The van der Waals surface area contributed by atoms with E-state index in [-0.39, 0.29) is 0 Å². The average Bonchev–Trinajstić information content (AvgIpc) is 2.55. The third-order valence-corrected chi connectivity index (χ3v) is 3.50. The Bertz CT molecular complexity index is 790. The third kappa shape index (κ3) is 2.65. The van der Waals surface area contributed by atoms with Crippen molar-refractivity contribution < 1.29 is 9.53 Å². The summed E-state index contributed by atoms with van der Waals surface area (Å²) in [4.78, 5) is 11.0. The first-order valence-corrected chi connectivity index (χ1v) is 7.03. The lowest BCUT2D eigenvalue weighted by Crippen LogP contribution is -1.95. The molecule has 0 aliphatic heterocycles. The van der Waals surface area contributed by atoms with Gasteiger partial charge in [0.25, 0.3) is 0 Å². The Labute approximate surface area is 124 Å². The van der Waals surface area contributed by atoms with E-state index in [0.29, 0.717) is 12.2 Å². The van der Waals surface area contributed by atoms with Crippen LogP contribution in [-0.4, -0.2) is 12.9 Å². The van der Waals surface area contributed by atoms with Crippen molar-refractivity contribution in [1.29, 1.82) is 0 Å². The highest BCUT2D eigenvalue weighted by molar-refractivity contribution is 5.89. The summed E-state index contributed by atoms with van der Waals surface area (Å²) in [6.45, 7) is 2.55. The van der Waals surface area contributed by atoms with Crippen molar-refractivity contribution in [2.75, 3.05) is 6.61 Å². The largest absolute Gasteiger partial charge is 0.493 e. The Morgan fingerprint density at radius 2 is 1.76 bits per heavy atom. The number of hydrogen-bond donors (Lipinski definition) is 0. The lowest BCUT2D eigenvalue weighted by Gasteiger charge is -2.12. The first-order valence-electron chi connectivity index (χ1n) is 7.03. The molecule has 0 spiro atoms. The normalized spacial score (nSPS) is 10.5. The fraction of sp³-hybridized carbons (Fsp3) is 0.105. The second-order valence-corrected chi connectivity index (χ2v) is 4.87. The molecular formula is C19H16O2. The van der Waals surface area contributed by atoms with E-state index in [1.54, 1.807) is 6.07 Å². The van der Waals surface area contributed by atoms with Gasteiger partial charge in [-0.15, -0.1) is 0 Å². The van der Waals surface area contributed by atoms with E-state index < -0.39 is 0 Å². The van der Waals surface area contributed by atoms with E-state index in [4.69, 9.17) is 4.74 Å². The van der Waals surface area contributed by atoms with Crippen LogP contribution < -0.4 is 4.74 Å². The molecule has 3 aromatic rings. The second kappa shape index (κ2) is 5.80. The molecule has 3 aromatic carbocycles. The maximum absolute atomic E-state index is 11.0. The molecule has 0 atom stereocenters. The van der Waals surface area contributed by atoms with Crippen LogP contribution in [0.3, 0.4) is 0 Å². The van der Waals surface area contributed by atoms with Crippen LogP contribution in [0.1, 0.15) is 17.3 Å². The van der Waals surface area contributed by atoms with Gasteiger partial charge in [-0.1, -0.05) is 36.4 Å². The summed E-state index contributed by atoms with van der Waals surface area (Å²) < 4.78 is 5.69. The lowest BCUT2D eigenvalue weighted by atomic mass is 9.99. The highest BCUT2D eigenvalue weighted by atomic mass is 16.5. The van der Waals surface area contributed by atoms with E-state index in [0.717, 1.165) is 23.2 Å². The van der Waals surface area contributed by atoms with Gasteiger partial charge in [0.1, 0.15) is 12.0 Å². The highest BCUT2D eigenvalue weighted by Crippen LogP contribution is 2.32. The lowest BCUT2D eigenvalue weighted by molar-refractivity contribution is 0.112. The van der Waals surface area contributed by atoms with E-state index in [2.05, 4.69) is 30.3 Å². The van der Waals surface area contributed by atoms with Gasteiger partial charge in [-0.05, 0) is 47.5 Å². The molecule has 104 valence electrons. The van der Waals surface area contributed by atoms with Crippen LogP contribution >= 0.6 is 0 Å². The number of carbonyl (C=O) groups excluding carboxylic acids is 1. The maximum atomic E-state index is 11.0. The quantitative estimate of drug-likeness (QED) is 0.645. The molecule has 0 aromatic heterocycles. The van der Waals surface area contributed by atoms with Gasteiger partial charge in [-0.25, -0.2) is 0 Å². The molecule has 0 aliphatic carbocycles. The first kappa shape index (κ1) is 13.4. The number of rotatable bonds is 4. The Kier molecular flexibility index (Phi) is 3.69. The maximum Gasteiger partial charge on any atom is 0.150 e.